The molecule has 5 nitrogen and oxygen atoms in total. The third kappa shape index (κ3) is 4.14. The van der Waals surface area contributed by atoms with E-state index in [0.717, 1.165) is 51.9 Å². The molecule has 0 aromatic carbocycles. The Kier molecular flexibility index (Phi) is 6.22. The maximum atomic E-state index is 13.0. The summed E-state index contributed by atoms with van der Waals surface area (Å²) in [5.74, 6) is 0.628. The molecule has 0 radical (unpaired) electrons. The van der Waals surface area contributed by atoms with Crippen LogP contribution in [0.25, 0.3) is 0 Å². The van der Waals surface area contributed by atoms with Crippen molar-refractivity contribution in [2.45, 2.75) is 64.7 Å². The predicted octanol–water partition coefficient (Wildman–Crippen LogP) is 2.60. The van der Waals surface area contributed by atoms with E-state index in [2.05, 4.69) is 12.2 Å². The van der Waals surface area contributed by atoms with Gasteiger partial charge in [-0.1, -0.05) is 26.2 Å². The molecular weight excluding hydrogens is 322 g/mol. The lowest BCUT2D eigenvalue weighted by atomic mass is 9.68. The van der Waals surface area contributed by atoms with Gasteiger partial charge in [0.2, 0.25) is 0 Å². The molecule has 1 aliphatic carbocycles. The molecule has 0 atom stereocenters. The molecule has 2 heterocycles. The Hall–Kier alpha value is -0.170. The predicted molar refractivity (Wildman–Crippen MR) is 98.1 cm³/mol. The second-order valence-corrected chi connectivity index (χ2v) is 10.0. The van der Waals surface area contributed by atoms with E-state index in [0.29, 0.717) is 24.4 Å². The maximum absolute atomic E-state index is 13.0. The van der Waals surface area contributed by atoms with E-state index in [9.17, 15) is 8.42 Å². The van der Waals surface area contributed by atoms with E-state index in [-0.39, 0.29) is 0 Å². The topological polar surface area (TPSA) is 52.7 Å². The van der Waals surface area contributed by atoms with Crippen molar-refractivity contribution in [3.63, 3.8) is 0 Å². The van der Waals surface area contributed by atoms with Gasteiger partial charge >= 0.3 is 0 Å². The lowest BCUT2D eigenvalue weighted by molar-refractivity contribution is 0.0983. The van der Waals surface area contributed by atoms with E-state index in [1.54, 1.807) is 8.61 Å². The Morgan fingerprint density at radius 1 is 0.917 bits per heavy atom. The van der Waals surface area contributed by atoms with Gasteiger partial charge in [-0.3, -0.25) is 0 Å². The fraction of sp³-hybridized carbons (Fsp3) is 1.00. The molecule has 0 aromatic heterocycles. The van der Waals surface area contributed by atoms with E-state index in [1.165, 1.54) is 32.1 Å². The number of hydrogen-bond donors (Lipinski definition) is 1. The molecule has 2 aliphatic heterocycles. The monoisotopic (exact) mass is 357 g/mol. The molecule has 6 heteroatoms. The number of piperidine rings is 2. The van der Waals surface area contributed by atoms with Crippen molar-refractivity contribution >= 4 is 10.2 Å². The first-order valence-electron chi connectivity index (χ1n) is 10.0. The van der Waals surface area contributed by atoms with Crippen LogP contribution in [0.4, 0.5) is 0 Å². The smallest absolute Gasteiger partial charge is 0.281 e. The number of nitrogens with zero attached hydrogens (tertiary/aromatic N) is 2. The van der Waals surface area contributed by atoms with Crippen LogP contribution in [0.5, 0.6) is 0 Å². The second-order valence-electron chi connectivity index (χ2n) is 8.12. The van der Waals surface area contributed by atoms with E-state index >= 15 is 0 Å². The summed E-state index contributed by atoms with van der Waals surface area (Å²) in [5.41, 5.74) is 0.461. The van der Waals surface area contributed by atoms with Gasteiger partial charge in [-0.2, -0.15) is 17.0 Å². The molecule has 0 amide bonds. The summed E-state index contributed by atoms with van der Waals surface area (Å²) >= 11 is 0. The van der Waals surface area contributed by atoms with Crippen LogP contribution in [-0.2, 0) is 10.2 Å². The maximum Gasteiger partial charge on any atom is 0.281 e. The Balaban J connectivity index is 1.51. The first-order valence-corrected chi connectivity index (χ1v) is 11.4. The minimum atomic E-state index is -3.24. The zero-order valence-electron chi connectivity index (χ0n) is 15.3. The van der Waals surface area contributed by atoms with E-state index in [1.807, 2.05) is 0 Å². The molecule has 0 unspecified atom stereocenters. The van der Waals surface area contributed by atoms with Crippen molar-refractivity contribution in [3.05, 3.63) is 0 Å². The Bertz CT molecular complexity index is 484. The molecule has 1 saturated carbocycles. The van der Waals surface area contributed by atoms with E-state index < -0.39 is 10.2 Å². The van der Waals surface area contributed by atoms with Gasteiger partial charge < -0.3 is 5.32 Å². The number of hydrogen-bond acceptors (Lipinski definition) is 3. The van der Waals surface area contributed by atoms with Gasteiger partial charge in [0.15, 0.2) is 0 Å². The highest BCUT2D eigenvalue weighted by Gasteiger charge is 2.40. The van der Waals surface area contributed by atoms with Crippen LogP contribution < -0.4 is 5.32 Å². The van der Waals surface area contributed by atoms with Crippen molar-refractivity contribution in [1.29, 1.82) is 0 Å². The highest BCUT2D eigenvalue weighted by atomic mass is 32.2. The minimum absolute atomic E-state index is 0.461. The van der Waals surface area contributed by atoms with Crippen LogP contribution in [0.15, 0.2) is 0 Å². The molecule has 2 saturated heterocycles. The van der Waals surface area contributed by atoms with Crippen LogP contribution in [0.1, 0.15) is 64.7 Å². The van der Waals surface area contributed by atoms with Crippen LogP contribution >= 0.6 is 0 Å². The molecule has 0 bridgehead atoms. The van der Waals surface area contributed by atoms with Crippen molar-refractivity contribution in [2.75, 3.05) is 39.3 Å². The zero-order chi connectivity index (χ0) is 17.0. The Morgan fingerprint density at radius 3 is 2.08 bits per heavy atom. The normalized spacial score (nSPS) is 27.5. The third-order valence-corrected chi connectivity index (χ3v) is 8.64. The summed E-state index contributed by atoms with van der Waals surface area (Å²) in [6.45, 7) is 7.00. The SMILES string of the molecule is CCNCC1CCN(S(=O)(=O)N2CCC3(CCCCC3)CC2)CC1. The zero-order valence-corrected chi connectivity index (χ0v) is 16.1. The third-order valence-electron chi connectivity index (χ3n) is 6.61. The van der Waals surface area contributed by atoms with Crippen molar-refractivity contribution < 1.29 is 8.42 Å². The van der Waals surface area contributed by atoms with Gasteiger partial charge in [0, 0.05) is 26.2 Å². The molecule has 1 N–H and O–H groups in total. The van der Waals surface area contributed by atoms with Crippen LogP contribution in [-0.4, -0.2) is 56.3 Å². The largest absolute Gasteiger partial charge is 0.317 e. The molecular formula is C18H35N3O2S. The molecule has 140 valence electrons. The first-order chi connectivity index (χ1) is 11.6. The molecule has 3 fully saturated rings. The van der Waals surface area contributed by atoms with Crippen molar-refractivity contribution in [2.24, 2.45) is 11.3 Å². The lowest BCUT2D eigenvalue weighted by Crippen LogP contribution is -2.51. The summed E-state index contributed by atoms with van der Waals surface area (Å²) in [4.78, 5) is 0. The molecule has 1 spiro atoms. The fourth-order valence-electron chi connectivity index (χ4n) is 4.85. The molecule has 0 aromatic rings. The van der Waals surface area contributed by atoms with Crippen LogP contribution in [0.3, 0.4) is 0 Å². The quantitative estimate of drug-likeness (QED) is 0.823. The number of rotatable bonds is 5. The Labute approximate surface area is 148 Å². The van der Waals surface area contributed by atoms with Gasteiger partial charge in [-0.05, 0) is 62.9 Å². The van der Waals surface area contributed by atoms with E-state index in [4.69, 9.17) is 0 Å². The fourth-order valence-corrected chi connectivity index (χ4v) is 6.49. The summed E-state index contributed by atoms with van der Waals surface area (Å²) in [7, 11) is -3.24. The molecule has 24 heavy (non-hydrogen) atoms. The number of nitrogens with one attached hydrogen (secondary N) is 1. The summed E-state index contributed by atoms with van der Waals surface area (Å²) in [5, 5.41) is 3.39. The minimum Gasteiger partial charge on any atom is -0.317 e. The van der Waals surface area contributed by atoms with Crippen LogP contribution in [0.2, 0.25) is 0 Å². The highest BCUT2D eigenvalue weighted by molar-refractivity contribution is 7.86. The summed E-state index contributed by atoms with van der Waals surface area (Å²) in [6.07, 6.45) is 10.8. The Morgan fingerprint density at radius 2 is 1.50 bits per heavy atom. The first kappa shape index (κ1) is 18.6. The average molecular weight is 358 g/mol. The van der Waals surface area contributed by atoms with Gasteiger partial charge in [0.25, 0.3) is 10.2 Å². The van der Waals surface area contributed by atoms with Gasteiger partial charge in [-0.25, -0.2) is 0 Å². The highest BCUT2D eigenvalue weighted by Crippen LogP contribution is 2.45. The van der Waals surface area contributed by atoms with Gasteiger partial charge in [-0.15, -0.1) is 0 Å². The average Bonchev–Trinajstić information content (AvgIpc) is 2.61. The van der Waals surface area contributed by atoms with Gasteiger partial charge in [0.05, 0.1) is 0 Å². The molecule has 3 aliphatic rings. The van der Waals surface area contributed by atoms with Crippen LogP contribution in [0, 0.1) is 11.3 Å². The summed E-state index contributed by atoms with van der Waals surface area (Å²) < 4.78 is 29.5. The second kappa shape index (κ2) is 8.02. The van der Waals surface area contributed by atoms with Crippen molar-refractivity contribution in [1.82, 2.24) is 13.9 Å². The standard InChI is InChI=1S/C18H35N3O2S/c1-2-19-16-17-6-12-20(13-7-17)24(22,23)21-14-10-18(11-15-21)8-4-3-5-9-18/h17,19H,2-16H2,1H3. The summed E-state index contributed by atoms with van der Waals surface area (Å²) in [6, 6.07) is 0. The van der Waals surface area contributed by atoms with Crippen molar-refractivity contribution in [3.8, 4) is 0 Å². The van der Waals surface area contributed by atoms with Gasteiger partial charge in [0.1, 0.15) is 0 Å². The lowest BCUT2D eigenvalue weighted by Gasteiger charge is -2.45. The molecule has 3 rings (SSSR count).